The van der Waals surface area contributed by atoms with Gasteiger partial charge in [-0.1, -0.05) is 64.0 Å². The summed E-state index contributed by atoms with van der Waals surface area (Å²) in [6.45, 7) is 0.535. The number of allylic oxidation sites excluding steroid dienone is 4. The molecule has 1 aromatic carbocycles. The number of imide groups is 1. The number of likely N-dealkylation sites (tertiary alicyclic amines) is 1. The maximum atomic E-state index is 13.2. The molecule has 1 aliphatic heterocycles. The second-order valence-electron chi connectivity index (χ2n) is 7.49. The fourth-order valence-corrected chi connectivity index (χ4v) is 5.88. The Morgan fingerprint density at radius 2 is 1.80 bits per heavy atom. The zero-order valence-electron chi connectivity index (χ0n) is 13.9. The Morgan fingerprint density at radius 3 is 2.60 bits per heavy atom. The smallest absolute Gasteiger partial charge is 0.234 e. The van der Waals surface area contributed by atoms with Crippen LogP contribution in [0.2, 0.25) is 0 Å². The SMILES string of the molecule is O=C1C2C3C4=CC=CCC4C(c4ccccc43)C2C(=O)N1CCCBr. The highest BCUT2D eigenvalue weighted by molar-refractivity contribution is 9.09. The normalized spacial score (nSPS) is 34.7. The van der Waals surface area contributed by atoms with Crippen molar-refractivity contribution in [2.24, 2.45) is 17.8 Å². The summed E-state index contributed by atoms with van der Waals surface area (Å²) in [7, 11) is 0. The third-order valence-electron chi connectivity index (χ3n) is 6.48. The van der Waals surface area contributed by atoms with Crippen LogP contribution in [-0.4, -0.2) is 28.6 Å². The van der Waals surface area contributed by atoms with Crippen molar-refractivity contribution in [1.82, 2.24) is 4.90 Å². The molecule has 0 N–H and O–H groups in total. The molecule has 2 amide bonds. The number of nitrogens with zero attached hydrogens (tertiary/aromatic N) is 1. The molecule has 4 heteroatoms. The standard InChI is InChI=1S/C21H20BrNO2/c22-10-5-11-23-20(24)18-16-12-6-1-2-7-13(12)17(19(18)21(23)25)15-9-4-3-8-14(15)16/h1-4,6-8,15-19H,5,9-11H2. The van der Waals surface area contributed by atoms with Crippen LogP contribution in [-0.2, 0) is 9.59 Å². The van der Waals surface area contributed by atoms with E-state index in [1.54, 1.807) is 4.90 Å². The van der Waals surface area contributed by atoms with E-state index in [0.717, 1.165) is 18.2 Å². The van der Waals surface area contributed by atoms with Crippen LogP contribution in [0.1, 0.15) is 35.8 Å². The van der Waals surface area contributed by atoms with Crippen LogP contribution < -0.4 is 0 Å². The van der Waals surface area contributed by atoms with Gasteiger partial charge in [0.25, 0.3) is 0 Å². The monoisotopic (exact) mass is 397 g/mol. The molecule has 2 fully saturated rings. The van der Waals surface area contributed by atoms with Gasteiger partial charge in [0.1, 0.15) is 0 Å². The highest BCUT2D eigenvalue weighted by atomic mass is 79.9. The van der Waals surface area contributed by atoms with Crippen molar-refractivity contribution in [3.05, 3.63) is 59.2 Å². The predicted octanol–water partition coefficient (Wildman–Crippen LogP) is 3.77. The van der Waals surface area contributed by atoms with Crippen LogP contribution in [0, 0.1) is 17.8 Å². The van der Waals surface area contributed by atoms with Crippen molar-refractivity contribution in [3.63, 3.8) is 0 Å². The molecule has 5 unspecified atom stereocenters. The van der Waals surface area contributed by atoms with Crippen LogP contribution in [0.25, 0.3) is 0 Å². The van der Waals surface area contributed by atoms with Gasteiger partial charge in [-0.25, -0.2) is 0 Å². The summed E-state index contributed by atoms with van der Waals surface area (Å²) in [6, 6.07) is 8.47. The van der Waals surface area contributed by atoms with Gasteiger partial charge >= 0.3 is 0 Å². The lowest BCUT2D eigenvalue weighted by molar-refractivity contribution is -0.140. The zero-order valence-corrected chi connectivity index (χ0v) is 15.5. The largest absolute Gasteiger partial charge is 0.282 e. The molecule has 1 saturated heterocycles. The molecule has 0 radical (unpaired) electrons. The minimum Gasteiger partial charge on any atom is -0.282 e. The molecule has 6 rings (SSSR count). The number of halogens is 1. The van der Waals surface area contributed by atoms with Crippen LogP contribution >= 0.6 is 15.9 Å². The molecular formula is C21H20BrNO2. The van der Waals surface area contributed by atoms with E-state index in [-0.39, 0.29) is 35.5 Å². The molecule has 1 aromatic rings. The summed E-state index contributed by atoms with van der Waals surface area (Å²) in [6.07, 6.45) is 8.32. The summed E-state index contributed by atoms with van der Waals surface area (Å²) in [4.78, 5) is 27.9. The average Bonchev–Trinajstić information content (AvgIpc) is 2.91. The molecule has 25 heavy (non-hydrogen) atoms. The molecule has 5 aliphatic rings. The zero-order chi connectivity index (χ0) is 17.1. The number of hydrogen-bond donors (Lipinski definition) is 0. The van der Waals surface area contributed by atoms with E-state index >= 15 is 0 Å². The number of amides is 2. The number of benzene rings is 1. The second-order valence-corrected chi connectivity index (χ2v) is 8.28. The van der Waals surface area contributed by atoms with Gasteiger partial charge in [0, 0.05) is 23.7 Å². The van der Waals surface area contributed by atoms with E-state index in [0.29, 0.717) is 12.5 Å². The Morgan fingerprint density at radius 1 is 1.04 bits per heavy atom. The first kappa shape index (κ1) is 15.6. The first-order chi connectivity index (χ1) is 12.2. The highest BCUT2D eigenvalue weighted by Gasteiger charge is 2.63. The third kappa shape index (κ3) is 1.97. The van der Waals surface area contributed by atoms with Gasteiger partial charge in [0.2, 0.25) is 11.8 Å². The highest BCUT2D eigenvalue weighted by Crippen LogP contribution is 2.64. The minimum atomic E-state index is -0.197. The van der Waals surface area contributed by atoms with E-state index in [1.807, 2.05) is 0 Å². The van der Waals surface area contributed by atoms with Crippen molar-refractivity contribution in [2.45, 2.75) is 24.7 Å². The van der Waals surface area contributed by atoms with Gasteiger partial charge in [-0.05, 0) is 29.9 Å². The summed E-state index contributed by atoms with van der Waals surface area (Å²) in [5, 5.41) is 0.810. The Labute approximate surface area is 155 Å². The summed E-state index contributed by atoms with van der Waals surface area (Å²) < 4.78 is 0. The minimum absolute atomic E-state index is 0.0503. The van der Waals surface area contributed by atoms with Gasteiger partial charge < -0.3 is 0 Å². The van der Waals surface area contributed by atoms with E-state index in [2.05, 4.69) is 58.4 Å². The fourth-order valence-electron chi connectivity index (χ4n) is 5.63. The topological polar surface area (TPSA) is 37.4 Å². The number of carbonyl (C=O) groups is 2. The fraction of sp³-hybridized carbons (Fsp3) is 0.429. The Kier molecular flexibility index (Phi) is 3.53. The summed E-state index contributed by atoms with van der Waals surface area (Å²) in [5.41, 5.74) is 3.95. The van der Waals surface area contributed by atoms with Crippen molar-refractivity contribution < 1.29 is 9.59 Å². The van der Waals surface area contributed by atoms with Gasteiger partial charge in [-0.3, -0.25) is 14.5 Å². The first-order valence-electron chi connectivity index (χ1n) is 9.10. The molecule has 0 spiro atoms. The molecule has 1 saturated carbocycles. The third-order valence-corrected chi connectivity index (χ3v) is 7.04. The molecule has 1 heterocycles. The number of carbonyl (C=O) groups excluding carboxylic acids is 2. The molecule has 4 aliphatic carbocycles. The number of alkyl halides is 1. The number of rotatable bonds is 3. The predicted molar refractivity (Wildman–Crippen MR) is 99.4 cm³/mol. The Balaban J connectivity index is 1.67. The van der Waals surface area contributed by atoms with Gasteiger partial charge in [0.05, 0.1) is 11.8 Å². The number of hydrogen-bond acceptors (Lipinski definition) is 2. The average molecular weight is 398 g/mol. The Bertz CT molecular complexity index is 827. The maximum absolute atomic E-state index is 13.2. The van der Waals surface area contributed by atoms with Crippen LogP contribution in [0.3, 0.4) is 0 Å². The van der Waals surface area contributed by atoms with Crippen LogP contribution in [0.15, 0.2) is 48.1 Å². The van der Waals surface area contributed by atoms with Crippen LogP contribution in [0.5, 0.6) is 0 Å². The lowest BCUT2D eigenvalue weighted by atomic mass is 9.50. The second kappa shape index (κ2) is 5.66. The van der Waals surface area contributed by atoms with E-state index in [9.17, 15) is 9.59 Å². The first-order valence-corrected chi connectivity index (χ1v) is 10.2. The summed E-state index contributed by atoms with van der Waals surface area (Å²) >= 11 is 3.42. The van der Waals surface area contributed by atoms with Gasteiger partial charge in [0.15, 0.2) is 0 Å². The van der Waals surface area contributed by atoms with Crippen molar-refractivity contribution in [2.75, 3.05) is 11.9 Å². The van der Waals surface area contributed by atoms with Crippen molar-refractivity contribution in [1.29, 1.82) is 0 Å². The molecule has 128 valence electrons. The lowest BCUT2D eigenvalue weighted by Crippen LogP contribution is -2.46. The molecular weight excluding hydrogens is 378 g/mol. The van der Waals surface area contributed by atoms with Crippen molar-refractivity contribution in [3.8, 4) is 0 Å². The molecule has 0 aromatic heterocycles. The Hall–Kier alpha value is -1.68. The van der Waals surface area contributed by atoms with Crippen LogP contribution in [0.4, 0.5) is 0 Å². The molecule has 5 atom stereocenters. The van der Waals surface area contributed by atoms with Gasteiger partial charge in [-0.2, -0.15) is 0 Å². The summed E-state index contributed by atoms with van der Waals surface area (Å²) in [5.74, 6) is 0.343. The van der Waals surface area contributed by atoms with E-state index < -0.39 is 0 Å². The lowest BCUT2D eigenvalue weighted by Gasteiger charge is -2.51. The molecule has 3 nitrogen and oxygen atoms in total. The van der Waals surface area contributed by atoms with Crippen molar-refractivity contribution >= 4 is 27.7 Å². The van der Waals surface area contributed by atoms with E-state index in [1.165, 1.54) is 16.7 Å². The van der Waals surface area contributed by atoms with Gasteiger partial charge in [-0.15, -0.1) is 0 Å². The van der Waals surface area contributed by atoms with E-state index in [4.69, 9.17) is 0 Å². The quantitative estimate of drug-likeness (QED) is 0.574. The molecule has 2 bridgehead atoms. The maximum Gasteiger partial charge on any atom is 0.234 e.